The summed E-state index contributed by atoms with van der Waals surface area (Å²) in [6, 6.07) is 10.2. The van der Waals surface area contributed by atoms with E-state index in [0.717, 1.165) is 0 Å². The van der Waals surface area contributed by atoms with E-state index in [9.17, 15) is 24.5 Å². The Balaban J connectivity index is 1.66. The summed E-state index contributed by atoms with van der Waals surface area (Å²) < 4.78 is 0. The molecule has 4 rings (SSSR count). The Morgan fingerprint density at radius 1 is 1.15 bits per heavy atom. The number of nitro benzene ring substituents is 1. The molecule has 0 aliphatic carbocycles. The van der Waals surface area contributed by atoms with Gasteiger partial charge in [0.25, 0.3) is 11.2 Å². The monoisotopic (exact) mass is 488 g/mol. The first kappa shape index (κ1) is 22.2. The van der Waals surface area contributed by atoms with Crippen LogP contribution < -0.4 is 21.5 Å². The molecule has 3 aromatic rings. The van der Waals surface area contributed by atoms with Crippen LogP contribution in [0, 0.1) is 10.1 Å². The topological polar surface area (TPSA) is 159 Å². The van der Waals surface area contributed by atoms with Crippen LogP contribution in [0.1, 0.15) is 17.9 Å². The smallest absolute Gasteiger partial charge is 0.292 e. The van der Waals surface area contributed by atoms with Crippen molar-refractivity contribution in [2.24, 2.45) is 0 Å². The Labute approximate surface area is 195 Å². The molecule has 11 nitrogen and oxygen atoms in total. The summed E-state index contributed by atoms with van der Waals surface area (Å²) >= 11 is 11.9. The first-order valence-electron chi connectivity index (χ1n) is 9.42. The van der Waals surface area contributed by atoms with Crippen LogP contribution in [0.25, 0.3) is 0 Å². The number of aromatic nitrogens is 2. The Morgan fingerprint density at radius 2 is 1.85 bits per heavy atom. The zero-order valence-electron chi connectivity index (χ0n) is 16.5. The molecule has 168 valence electrons. The van der Waals surface area contributed by atoms with Gasteiger partial charge in [-0.2, -0.15) is 4.98 Å². The number of hydrogen-bond acceptors (Lipinski definition) is 7. The number of carbonyl (C=O) groups is 2. The second-order valence-corrected chi connectivity index (χ2v) is 7.90. The van der Waals surface area contributed by atoms with Crippen molar-refractivity contribution in [2.45, 2.75) is 12.3 Å². The highest BCUT2D eigenvalue weighted by Gasteiger charge is 2.35. The zero-order chi connectivity index (χ0) is 23.7. The molecule has 0 spiro atoms. The molecule has 1 unspecified atom stereocenters. The first-order chi connectivity index (χ1) is 15.7. The predicted molar refractivity (Wildman–Crippen MR) is 122 cm³/mol. The molecular weight excluding hydrogens is 475 g/mol. The second-order valence-electron chi connectivity index (χ2n) is 7.03. The summed E-state index contributed by atoms with van der Waals surface area (Å²) in [5.74, 6) is -2.62. The Hall–Kier alpha value is -3.96. The normalized spacial score (nSPS) is 14.7. The van der Waals surface area contributed by atoms with Crippen LogP contribution >= 0.6 is 23.2 Å². The van der Waals surface area contributed by atoms with E-state index in [1.54, 1.807) is 12.1 Å². The van der Waals surface area contributed by atoms with Gasteiger partial charge in [0.1, 0.15) is 11.5 Å². The molecule has 4 N–H and O–H groups in total. The number of nitrogens with zero attached hydrogens (tertiary/aromatic N) is 2. The van der Waals surface area contributed by atoms with Crippen LogP contribution in [0.2, 0.25) is 10.0 Å². The maximum absolute atomic E-state index is 12.9. The average molecular weight is 489 g/mol. The van der Waals surface area contributed by atoms with Gasteiger partial charge in [0.2, 0.25) is 17.8 Å². The van der Waals surface area contributed by atoms with Crippen LogP contribution in [-0.2, 0) is 9.59 Å². The van der Waals surface area contributed by atoms with Crippen molar-refractivity contribution in [1.82, 2.24) is 9.97 Å². The number of aromatic amines is 1. The van der Waals surface area contributed by atoms with Crippen molar-refractivity contribution in [1.29, 1.82) is 0 Å². The van der Waals surface area contributed by atoms with E-state index in [1.165, 1.54) is 30.3 Å². The lowest BCUT2D eigenvalue weighted by Crippen LogP contribution is -2.36. The molecule has 0 saturated heterocycles. The van der Waals surface area contributed by atoms with Crippen LogP contribution in [0.15, 0.2) is 47.3 Å². The quantitative estimate of drug-likeness (QED) is 0.313. The number of anilines is 4. The van der Waals surface area contributed by atoms with E-state index >= 15 is 0 Å². The minimum absolute atomic E-state index is 0.0165. The molecule has 1 atom stereocenters. The summed E-state index contributed by atoms with van der Waals surface area (Å²) in [6.45, 7) is 0. The second kappa shape index (κ2) is 8.88. The highest BCUT2D eigenvalue weighted by atomic mass is 35.5. The molecule has 2 amide bonds. The van der Waals surface area contributed by atoms with Crippen molar-refractivity contribution in [3.63, 3.8) is 0 Å². The predicted octanol–water partition coefficient (Wildman–Crippen LogP) is 3.79. The number of fused-ring (bicyclic) bond motifs is 1. The lowest BCUT2D eigenvalue weighted by molar-refractivity contribution is -0.383. The molecule has 1 aliphatic rings. The van der Waals surface area contributed by atoms with Gasteiger partial charge in [-0.25, -0.2) is 0 Å². The largest absolute Gasteiger partial charge is 0.326 e. The van der Waals surface area contributed by atoms with Crippen molar-refractivity contribution >= 4 is 63.8 Å². The molecule has 0 fully saturated rings. The third-order valence-corrected chi connectivity index (χ3v) is 5.19. The molecular formula is C20H14Cl2N6O5. The van der Waals surface area contributed by atoms with E-state index < -0.39 is 28.2 Å². The highest BCUT2D eigenvalue weighted by Crippen LogP contribution is 2.32. The molecule has 1 aromatic heterocycles. The Kier molecular flexibility index (Phi) is 5.99. The van der Waals surface area contributed by atoms with Gasteiger partial charge in [0.05, 0.1) is 16.4 Å². The standard InChI is InChI=1S/C20H14Cl2N6O5/c21-9-5-10(22)7-11(6-9)23-20-26-17-16(19(31)27-20)12(8-15(29)25-17)18(30)24-13-3-1-2-4-14(13)28(32)33/h1-7,12H,8H2,(H,24,30)(H3,23,25,26,27,29,31). The fraction of sp³-hybridized carbons (Fsp3) is 0.100. The number of halogens is 2. The number of nitrogens with one attached hydrogen (secondary N) is 4. The number of benzene rings is 2. The number of carbonyl (C=O) groups excluding carboxylic acids is 2. The van der Waals surface area contributed by atoms with Crippen molar-refractivity contribution in [2.75, 3.05) is 16.0 Å². The van der Waals surface area contributed by atoms with Gasteiger partial charge in [-0.15, -0.1) is 0 Å². The molecule has 33 heavy (non-hydrogen) atoms. The summed E-state index contributed by atoms with van der Waals surface area (Å²) in [5, 5.41) is 19.7. The lowest BCUT2D eigenvalue weighted by Gasteiger charge is -2.23. The van der Waals surface area contributed by atoms with Gasteiger partial charge >= 0.3 is 0 Å². The first-order valence-corrected chi connectivity index (χ1v) is 10.2. The minimum Gasteiger partial charge on any atom is -0.326 e. The summed E-state index contributed by atoms with van der Waals surface area (Å²) in [7, 11) is 0. The van der Waals surface area contributed by atoms with E-state index in [-0.39, 0.29) is 35.1 Å². The van der Waals surface area contributed by atoms with E-state index in [0.29, 0.717) is 15.7 Å². The molecule has 0 radical (unpaired) electrons. The Bertz CT molecular complexity index is 1340. The van der Waals surface area contributed by atoms with Crippen LogP contribution in [0.4, 0.5) is 28.8 Å². The number of para-hydroxylation sites is 2. The van der Waals surface area contributed by atoms with Gasteiger partial charge < -0.3 is 16.0 Å². The molecule has 0 saturated carbocycles. The molecule has 13 heteroatoms. The summed E-state index contributed by atoms with van der Waals surface area (Å²) in [4.78, 5) is 55.2. The number of hydrogen-bond donors (Lipinski definition) is 4. The molecule has 1 aliphatic heterocycles. The van der Waals surface area contributed by atoms with Crippen molar-refractivity contribution in [3.8, 4) is 0 Å². The summed E-state index contributed by atoms with van der Waals surface area (Å²) in [5.41, 5.74) is -0.680. The maximum Gasteiger partial charge on any atom is 0.292 e. The fourth-order valence-electron chi connectivity index (χ4n) is 3.38. The maximum atomic E-state index is 12.9. The summed E-state index contributed by atoms with van der Waals surface area (Å²) in [6.07, 6.45) is -0.332. The lowest BCUT2D eigenvalue weighted by atomic mass is 9.92. The van der Waals surface area contributed by atoms with Crippen LogP contribution in [0.3, 0.4) is 0 Å². The van der Waals surface area contributed by atoms with E-state index in [4.69, 9.17) is 23.2 Å². The zero-order valence-corrected chi connectivity index (χ0v) is 18.0. The SMILES string of the molecule is O=C1CC(C(=O)Nc2ccccc2[N+](=O)[O-])c2c(nc(Nc3cc(Cl)cc(Cl)c3)[nH]c2=O)N1. The van der Waals surface area contributed by atoms with E-state index in [2.05, 4.69) is 25.9 Å². The van der Waals surface area contributed by atoms with Gasteiger partial charge in [-0.05, 0) is 24.3 Å². The average Bonchev–Trinajstić information content (AvgIpc) is 2.72. The third-order valence-electron chi connectivity index (χ3n) is 4.75. The van der Waals surface area contributed by atoms with E-state index in [1.807, 2.05) is 0 Å². The molecule has 2 heterocycles. The third kappa shape index (κ3) is 4.78. The number of rotatable bonds is 5. The van der Waals surface area contributed by atoms with Crippen molar-refractivity contribution in [3.05, 3.63) is 78.5 Å². The van der Waals surface area contributed by atoms with Crippen LogP contribution in [0.5, 0.6) is 0 Å². The van der Waals surface area contributed by atoms with Gasteiger partial charge in [0.15, 0.2) is 0 Å². The number of nitro groups is 1. The van der Waals surface area contributed by atoms with Crippen LogP contribution in [-0.4, -0.2) is 26.7 Å². The van der Waals surface area contributed by atoms with Crippen molar-refractivity contribution < 1.29 is 14.5 Å². The number of H-pyrrole nitrogens is 1. The highest BCUT2D eigenvalue weighted by molar-refractivity contribution is 6.35. The van der Waals surface area contributed by atoms with Gasteiger partial charge in [-0.3, -0.25) is 29.5 Å². The van der Waals surface area contributed by atoms with Gasteiger partial charge in [0, 0.05) is 28.2 Å². The number of amides is 2. The fourth-order valence-corrected chi connectivity index (χ4v) is 3.90. The molecule has 0 bridgehead atoms. The van der Waals surface area contributed by atoms with Gasteiger partial charge in [-0.1, -0.05) is 35.3 Å². The Morgan fingerprint density at radius 3 is 2.55 bits per heavy atom. The minimum atomic E-state index is -1.21. The molecule has 2 aromatic carbocycles.